The summed E-state index contributed by atoms with van der Waals surface area (Å²) in [5.74, 6) is -0.728. The van der Waals surface area contributed by atoms with Crippen molar-refractivity contribution in [3.63, 3.8) is 0 Å². The van der Waals surface area contributed by atoms with Gasteiger partial charge in [-0.1, -0.05) is 201 Å². The fourth-order valence-electron chi connectivity index (χ4n) is 6.65. The van der Waals surface area contributed by atoms with E-state index < -0.39 is 5.79 Å². The van der Waals surface area contributed by atoms with E-state index in [-0.39, 0.29) is 24.2 Å². The molecule has 0 heterocycles. The van der Waals surface area contributed by atoms with E-state index >= 15 is 0 Å². The van der Waals surface area contributed by atoms with Crippen LogP contribution in [0.2, 0.25) is 0 Å². The molecule has 0 saturated heterocycles. The molecule has 47 heavy (non-hydrogen) atoms. The van der Waals surface area contributed by atoms with Crippen molar-refractivity contribution >= 4 is 24.2 Å². The molecule has 0 aliphatic rings. The topological polar surface area (TPSA) is 61.4 Å². The van der Waals surface area contributed by atoms with E-state index in [1.54, 1.807) is 0 Å². The molecule has 0 spiro atoms. The van der Waals surface area contributed by atoms with Crippen molar-refractivity contribution in [2.45, 2.75) is 238 Å². The SMILES string of the molecule is CCCCCCCCCCCCCCCCCC(=O)NC(CC)(NC(=O)CCCCCCCCCCCCCCCCC)N(C)C.Cl. The maximum absolute atomic E-state index is 12.9. The molecule has 0 aromatic rings. The van der Waals surface area contributed by atoms with Crippen molar-refractivity contribution in [3.8, 4) is 0 Å². The number of halogens is 1. The summed E-state index contributed by atoms with van der Waals surface area (Å²) in [6, 6.07) is 0. The van der Waals surface area contributed by atoms with Gasteiger partial charge in [0.2, 0.25) is 11.8 Å². The molecule has 0 atom stereocenters. The molecular weight excluding hydrogens is 602 g/mol. The van der Waals surface area contributed by atoms with Crippen molar-refractivity contribution in [3.05, 3.63) is 0 Å². The summed E-state index contributed by atoms with van der Waals surface area (Å²) in [4.78, 5) is 27.7. The quantitative estimate of drug-likeness (QED) is 0.0509. The summed E-state index contributed by atoms with van der Waals surface area (Å²) in [5.41, 5.74) is 0. The Bertz CT molecular complexity index is 625. The van der Waals surface area contributed by atoms with Crippen LogP contribution in [0, 0.1) is 0 Å². The Kier molecular flexibility index (Phi) is 37.5. The Morgan fingerprint density at radius 2 is 0.617 bits per heavy atom. The number of carbonyl (C=O) groups excluding carboxylic acids is 2. The van der Waals surface area contributed by atoms with Crippen LogP contribution in [0.3, 0.4) is 0 Å². The molecule has 282 valence electrons. The molecule has 0 fully saturated rings. The number of unbranched alkanes of at least 4 members (excludes halogenated alkanes) is 28. The number of hydrogen-bond donors (Lipinski definition) is 2. The van der Waals surface area contributed by atoms with E-state index in [4.69, 9.17) is 0 Å². The molecule has 2 N–H and O–H groups in total. The maximum atomic E-state index is 12.9. The van der Waals surface area contributed by atoms with E-state index in [1.165, 1.54) is 167 Å². The Balaban J connectivity index is 0. The van der Waals surface area contributed by atoms with Crippen molar-refractivity contribution in [2.24, 2.45) is 0 Å². The molecule has 0 aromatic carbocycles. The third-order valence-electron chi connectivity index (χ3n) is 9.98. The van der Waals surface area contributed by atoms with E-state index in [0.717, 1.165) is 25.7 Å². The van der Waals surface area contributed by atoms with E-state index in [1.807, 2.05) is 25.9 Å². The van der Waals surface area contributed by atoms with Crippen LogP contribution in [0.4, 0.5) is 0 Å². The molecular formula is C41H84ClN3O2. The summed E-state index contributed by atoms with van der Waals surface area (Å²) < 4.78 is 0. The highest BCUT2D eigenvalue weighted by Gasteiger charge is 2.33. The third-order valence-corrected chi connectivity index (χ3v) is 9.98. The normalized spacial score (nSPS) is 11.5. The van der Waals surface area contributed by atoms with Crippen LogP contribution in [0.1, 0.15) is 233 Å². The lowest BCUT2D eigenvalue weighted by molar-refractivity contribution is -0.132. The van der Waals surface area contributed by atoms with Gasteiger partial charge in [0.15, 0.2) is 5.79 Å². The number of carbonyl (C=O) groups is 2. The Hall–Kier alpha value is -0.810. The molecule has 0 unspecified atom stereocenters. The van der Waals surface area contributed by atoms with Crippen LogP contribution in [-0.2, 0) is 9.59 Å². The predicted octanol–water partition coefficient (Wildman–Crippen LogP) is 12.8. The zero-order chi connectivity index (χ0) is 34.0. The van der Waals surface area contributed by atoms with Gasteiger partial charge in [0, 0.05) is 19.3 Å². The molecule has 2 amide bonds. The molecule has 0 saturated carbocycles. The molecule has 0 bridgehead atoms. The summed E-state index contributed by atoms with van der Waals surface area (Å²) >= 11 is 0. The van der Waals surface area contributed by atoms with Gasteiger partial charge in [-0.05, 0) is 26.9 Å². The second-order valence-electron chi connectivity index (χ2n) is 14.6. The second kappa shape index (κ2) is 36.5. The minimum absolute atomic E-state index is 0. The van der Waals surface area contributed by atoms with Crippen LogP contribution in [0.25, 0.3) is 0 Å². The molecule has 0 aliphatic heterocycles. The van der Waals surface area contributed by atoms with Crippen molar-refractivity contribution in [1.82, 2.24) is 15.5 Å². The van der Waals surface area contributed by atoms with Crippen molar-refractivity contribution in [1.29, 1.82) is 0 Å². The van der Waals surface area contributed by atoms with Gasteiger partial charge in [0.25, 0.3) is 0 Å². The first-order valence-corrected chi connectivity index (χ1v) is 20.7. The Morgan fingerprint density at radius 1 is 0.404 bits per heavy atom. The van der Waals surface area contributed by atoms with Gasteiger partial charge >= 0.3 is 0 Å². The minimum atomic E-state index is -0.806. The number of hydrogen-bond acceptors (Lipinski definition) is 3. The highest BCUT2D eigenvalue weighted by molar-refractivity contribution is 5.85. The number of nitrogens with one attached hydrogen (secondary N) is 2. The molecule has 6 heteroatoms. The van der Waals surface area contributed by atoms with E-state index in [9.17, 15) is 9.59 Å². The molecule has 0 aromatic heterocycles. The van der Waals surface area contributed by atoms with Gasteiger partial charge in [-0.3, -0.25) is 14.5 Å². The van der Waals surface area contributed by atoms with Crippen LogP contribution in [0.15, 0.2) is 0 Å². The van der Waals surface area contributed by atoms with Crippen LogP contribution >= 0.6 is 12.4 Å². The van der Waals surface area contributed by atoms with E-state index in [0.29, 0.717) is 19.3 Å². The summed E-state index contributed by atoms with van der Waals surface area (Å²) in [5, 5.41) is 6.34. The standard InChI is InChI=1S/C41H83N3O2.ClH/c1-6-9-11-13-15-17-19-21-23-25-27-29-31-33-35-37-39(45)42-41(8-3,44(4)5)43-40(46)38-36-34-32-30-28-26-24-22-20-18-16-14-12-10-7-2;/h6-38H2,1-5H3,(H,42,45)(H,43,46);1H. The average molecular weight is 687 g/mol. The van der Waals surface area contributed by atoms with Gasteiger partial charge in [-0.2, -0.15) is 0 Å². The lowest BCUT2D eigenvalue weighted by Gasteiger charge is -2.40. The first-order valence-electron chi connectivity index (χ1n) is 20.7. The van der Waals surface area contributed by atoms with Crippen molar-refractivity contribution < 1.29 is 9.59 Å². The monoisotopic (exact) mass is 686 g/mol. The highest BCUT2D eigenvalue weighted by atomic mass is 35.5. The smallest absolute Gasteiger partial charge is 0.222 e. The highest BCUT2D eigenvalue weighted by Crippen LogP contribution is 2.17. The zero-order valence-corrected chi connectivity index (χ0v) is 33.3. The van der Waals surface area contributed by atoms with E-state index in [2.05, 4.69) is 24.5 Å². The molecule has 0 rings (SSSR count). The van der Waals surface area contributed by atoms with Crippen LogP contribution < -0.4 is 10.6 Å². The third kappa shape index (κ3) is 30.9. The predicted molar refractivity (Wildman–Crippen MR) is 209 cm³/mol. The van der Waals surface area contributed by atoms with Gasteiger partial charge in [0.05, 0.1) is 0 Å². The van der Waals surface area contributed by atoms with Crippen LogP contribution in [0.5, 0.6) is 0 Å². The lowest BCUT2D eigenvalue weighted by atomic mass is 10.0. The van der Waals surface area contributed by atoms with Gasteiger partial charge < -0.3 is 10.6 Å². The summed E-state index contributed by atoms with van der Waals surface area (Å²) in [7, 11) is 3.87. The maximum Gasteiger partial charge on any atom is 0.222 e. The Labute approximate surface area is 301 Å². The largest absolute Gasteiger partial charge is 0.321 e. The number of rotatable bonds is 36. The van der Waals surface area contributed by atoms with Gasteiger partial charge in [-0.25, -0.2) is 0 Å². The first-order chi connectivity index (χ1) is 22.4. The molecule has 5 nitrogen and oxygen atoms in total. The number of nitrogens with zero attached hydrogens (tertiary/aromatic N) is 1. The fraction of sp³-hybridized carbons (Fsp3) is 0.951. The fourth-order valence-corrected chi connectivity index (χ4v) is 6.65. The second-order valence-corrected chi connectivity index (χ2v) is 14.6. The van der Waals surface area contributed by atoms with Gasteiger partial charge in [-0.15, -0.1) is 12.4 Å². The zero-order valence-electron chi connectivity index (χ0n) is 32.5. The Morgan fingerprint density at radius 3 is 0.809 bits per heavy atom. The summed E-state index contributed by atoms with van der Waals surface area (Å²) in [6.45, 7) is 6.59. The van der Waals surface area contributed by atoms with Crippen molar-refractivity contribution in [2.75, 3.05) is 14.1 Å². The van der Waals surface area contributed by atoms with Crippen LogP contribution in [-0.4, -0.2) is 36.6 Å². The molecule has 0 radical (unpaired) electrons. The minimum Gasteiger partial charge on any atom is -0.321 e. The molecule has 0 aliphatic carbocycles. The summed E-state index contributed by atoms with van der Waals surface area (Å²) in [6.07, 6.45) is 41.3. The lowest BCUT2D eigenvalue weighted by Crippen LogP contribution is -2.68. The first kappa shape index (κ1) is 48.3. The van der Waals surface area contributed by atoms with Gasteiger partial charge in [0.1, 0.15) is 0 Å². The average Bonchev–Trinajstić information content (AvgIpc) is 3.04. The number of amides is 2.